The van der Waals surface area contributed by atoms with Gasteiger partial charge in [0.15, 0.2) is 0 Å². The quantitative estimate of drug-likeness (QED) is 0.853. The van der Waals surface area contributed by atoms with E-state index in [1.54, 1.807) is 0 Å². The summed E-state index contributed by atoms with van der Waals surface area (Å²) < 4.78 is 5.54. The number of amides is 1. The molecule has 2 aromatic rings. The zero-order chi connectivity index (χ0) is 18.8. The number of carboxylic acids is 1. The minimum absolute atomic E-state index is 0.0290. The van der Waals surface area contributed by atoms with Crippen molar-refractivity contribution in [2.24, 2.45) is 5.92 Å². The van der Waals surface area contributed by atoms with E-state index >= 15 is 0 Å². The van der Waals surface area contributed by atoms with Gasteiger partial charge in [0, 0.05) is 12.0 Å². The molecule has 0 bridgehead atoms. The van der Waals surface area contributed by atoms with Crippen LogP contribution in [-0.4, -0.2) is 29.8 Å². The van der Waals surface area contributed by atoms with Gasteiger partial charge >= 0.3 is 12.1 Å². The SMILES string of the molecule is O=C(N[C@@H]1CCC[C@H](C(=O)O)C1)OCC1c2ccccc2-c2ccccc21. The second-order valence-corrected chi connectivity index (χ2v) is 7.37. The lowest BCUT2D eigenvalue weighted by Gasteiger charge is -2.27. The molecule has 0 heterocycles. The predicted octanol–water partition coefficient (Wildman–Crippen LogP) is 4.17. The maximum atomic E-state index is 12.3. The first-order valence-corrected chi connectivity index (χ1v) is 9.48. The third-order valence-corrected chi connectivity index (χ3v) is 5.69. The van der Waals surface area contributed by atoms with Gasteiger partial charge in [0.1, 0.15) is 6.61 Å². The Morgan fingerprint density at radius 3 is 2.26 bits per heavy atom. The lowest BCUT2D eigenvalue weighted by Crippen LogP contribution is -2.40. The molecule has 5 nitrogen and oxygen atoms in total. The molecule has 1 amide bonds. The Balaban J connectivity index is 1.40. The number of fused-ring (bicyclic) bond motifs is 3. The number of ether oxygens (including phenoxy) is 1. The Morgan fingerprint density at radius 1 is 1.00 bits per heavy atom. The summed E-state index contributed by atoms with van der Waals surface area (Å²) >= 11 is 0. The van der Waals surface area contributed by atoms with Crippen molar-refractivity contribution in [2.75, 3.05) is 6.61 Å². The number of carboxylic acid groups (broad SMARTS) is 1. The molecule has 0 aliphatic heterocycles. The van der Waals surface area contributed by atoms with Gasteiger partial charge in [-0.25, -0.2) is 4.79 Å². The first-order valence-electron chi connectivity index (χ1n) is 9.48. The monoisotopic (exact) mass is 365 g/mol. The van der Waals surface area contributed by atoms with Crippen LogP contribution in [0.2, 0.25) is 0 Å². The van der Waals surface area contributed by atoms with Crippen LogP contribution >= 0.6 is 0 Å². The van der Waals surface area contributed by atoms with Crippen LogP contribution in [-0.2, 0) is 9.53 Å². The Bertz CT molecular complexity index is 817. The van der Waals surface area contributed by atoms with Crippen molar-refractivity contribution >= 4 is 12.1 Å². The summed E-state index contributed by atoms with van der Waals surface area (Å²) in [6.45, 7) is 0.273. The Labute approximate surface area is 158 Å². The van der Waals surface area contributed by atoms with E-state index in [1.165, 1.54) is 22.3 Å². The lowest BCUT2D eigenvalue weighted by atomic mass is 9.86. The number of rotatable bonds is 4. The molecule has 27 heavy (non-hydrogen) atoms. The molecule has 0 saturated heterocycles. The van der Waals surface area contributed by atoms with Gasteiger partial charge in [0.2, 0.25) is 0 Å². The summed E-state index contributed by atoms with van der Waals surface area (Å²) in [5, 5.41) is 12.0. The van der Waals surface area contributed by atoms with E-state index in [2.05, 4.69) is 29.6 Å². The zero-order valence-electron chi connectivity index (χ0n) is 15.1. The topological polar surface area (TPSA) is 75.6 Å². The van der Waals surface area contributed by atoms with E-state index in [4.69, 9.17) is 4.74 Å². The molecular formula is C22H23NO4. The first-order chi connectivity index (χ1) is 13.1. The Hall–Kier alpha value is -2.82. The molecule has 4 rings (SSSR count). The predicted molar refractivity (Wildman–Crippen MR) is 102 cm³/mol. The number of benzene rings is 2. The summed E-state index contributed by atoms with van der Waals surface area (Å²) in [7, 11) is 0. The summed E-state index contributed by atoms with van der Waals surface area (Å²) in [6, 6.07) is 16.3. The highest BCUT2D eigenvalue weighted by Gasteiger charge is 2.30. The normalized spacial score (nSPS) is 21.2. The van der Waals surface area contributed by atoms with Crippen molar-refractivity contribution in [2.45, 2.75) is 37.6 Å². The van der Waals surface area contributed by atoms with Crippen LogP contribution in [0.3, 0.4) is 0 Å². The summed E-state index contributed by atoms with van der Waals surface area (Å²) in [4.78, 5) is 23.5. The Kier molecular flexibility index (Phi) is 4.84. The van der Waals surface area contributed by atoms with Gasteiger partial charge in [-0.05, 0) is 41.5 Å². The van der Waals surface area contributed by atoms with Crippen LogP contribution in [0.4, 0.5) is 4.79 Å². The number of carbonyl (C=O) groups excluding carboxylic acids is 1. The molecule has 0 spiro atoms. The second-order valence-electron chi connectivity index (χ2n) is 7.37. The molecule has 0 radical (unpaired) electrons. The van der Waals surface area contributed by atoms with Crippen LogP contribution in [0.25, 0.3) is 11.1 Å². The fourth-order valence-corrected chi connectivity index (χ4v) is 4.35. The first kappa shape index (κ1) is 17.6. The van der Waals surface area contributed by atoms with Gasteiger partial charge in [0.05, 0.1) is 5.92 Å². The molecule has 2 aromatic carbocycles. The fraction of sp³-hybridized carbons (Fsp3) is 0.364. The molecule has 5 heteroatoms. The summed E-state index contributed by atoms with van der Waals surface area (Å²) in [6.07, 6.45) is 2.30. The second kappa shape index (κ2) is 7.43. The lowest BCUT2D eigenvalue weighted by molar-refractivity contribution is -0.143. The maximum Gasteiger partial charge on any atom is 0.407 e. The van der Waals surface area contributed by atoms with Gasteiger partial charge < -0.3 is 15.2 Å². The van der Waals surface area contributed by atoms with E-state index in [0.29, 0.717) is 12.8 Å². The van der Waals surface area contributed by atoms with Crippen molar-refractivity contribution in [3.8, 4) is 11.1 Å². The molecule has 1 saturated carbocycles. The Morgan fingerprint density at radius 2 is 1.63 bits per heavy atom. The molecule has 2 aliphatic rings. The molecule has 2 N–H and O–H groups in total. The number of hydrogen-bond acceptors (Lipinski definition) is 3. The summed E-state index contributed by atoms with van der Waals surface area (Å²) in [5.74, 6) is -1.13. The minimum Gasteiger partial charge on any atom is -0.481 e. The molecule has 0 unspecified atom stereocenters. The van der Waals surface area contributed by atoms with Crippen LogP contribution in [0.1, 0.15) is 42.7 Å². The molecule has 1 fully saturated rings. The smallest absolute Gasteiger partial charge is 0.407 e. The highest BCUT2D eigenvalue weighted by Crippen LogP contribution is 2.44. The average Bonchev–Trinajstić information content (AvgIpc) is 3.00. The molecular weight excluding hydrogens is 342 g/mol. The highest BCUT2D eigenvalue weighted by atomic mass is 16.5. The standard InChI is InChI=1S/C22H23NO4/c24-21(25)14-6-5-7-15(12-14)23-22(26)27-13-20-18-10-3-1-8-16(18)17-9-2-4-11-19(17)20/h1-4,8-11,14-15,20H,5-7,12-13H2,(H,23,26)(H,24,25)/t14-,15+/m0/s1. The van der Waals surface area contributed by atoms with Crippen LogP contribution < -0.4 is 5.32 Å². The number of nitrogens with one attached hydrogen (secondary N) is 1. The molecule has 140 valence electrons. The van der Waals surface area contributed by atoms with Crippen molar-refractivity contribution < 1.29 is 19.4 Å². The number of alkyl carbamates (subject to hydrolysis) is 1. The maximum absolute atomic E-state index is 12.3. The number of hydrogen-bond donors (Lipinski definition) is 2. The van der Waals surface area contributed by atoms with Gasteiger partial charge in [-0.3, -0.25) is 4.79 Å². The van der Waals surface area contributed by atoms with E-state index in [1.807, 2.05) is 24.3 Å². The number of carbonyl (C=O) groups is 2. The van der Waals surface area contributed by atoms with E-state index < -0.39 is 12.1 Å². The van der Waals surface area contributed by atoms with Gasteiger partial charge in [-0.1, -0.05) is 55.0 Å². The zero-order valence-corrected chi connectivity index (χ0v) is 15.1. The van der Waals surface area contributed by atoms with Crippen LogP contribution in [0.5, 0.6) is 0 Å². The van der Waals surface area contributed by atoms with Gasteiger partial charge in [0.25, 0.3) is 0 Å². The highest BCUT2D eigenvalue weighted by molar-refractivity contribution is 5.79. The third-order valence-electron chi connectivity index (χ3n) is 5.69. The van der Waals surface area contributed by atoms with Gasteiger partial charge in [-0.15, -0.1) is 0 Å². The third kappa shape index (κ3) is 3.54. The van der Waals surface area contributed by atoms with Crippen LogP contribution in [0.15, 0.2) is 48.5 Å². The molecule has 2 aliphatic carbocycles. The van der Waals surface area contributed by atoms with Crippen molar-refractivity contribution in [3.63, 3.8) is 0 Å². The molecule has 2 atom stereocenters. The van der Waals surface area contributed by atoms with E-state index in [9.17, 15) is 14.7 Å². The van der Waals surface area contributed by atoms with Crippen molar-refractivity contribution in [3.05, 3.63) is 59.7 Å². The number of aliphatic carboxylic acids is 1. The van der Waals surface area contributed by atoms with Crippen molar-refractivity contribution in [1.82, 2.24) is 5.32 Å². The summed E-state index contributed by atoms with van der Waals surface area (Å²) in [5.41, 5.74) is 4.74. The minimum atomic E-state index is -0.783. The fourth-order valence-electron chi connectivity index (χ4n) is 4.35. The van der Waals surface area contributed by atoms with Gasteiger partial charge in [-0.2, -0.15) is 0 Å². The molecule has 0 aromatic heterocycles. The van der Waals surface area contributed by atoms with E-state index in [0.717, 1.165) is 12.8 Å². The van der Waals surface area contributed by atoms with Crippen LogP contribution in [0, 0.1) is 5.92 Å². The van der Waals surface area contributed by atoms with Crippen molar-refractivity contribution in [1.29, 1.82) is 0 Å². The van der Waals surface area contributed by atoms with E-state index in [-0.39, 0.29) is 24.5 Å². The largest absolute Gasteiger partial charge is 0.481 e. The average molecular weight is 365 g/mol.